The van der Waals surface area contributed by atoms with Crippen molar-refractivity contribution in [2.24, 2.45) is 0 Å². The van der Waals surface area contributed by atoms with Gasteiger partial charge < -0.3 is 0 Å². The molecule has 0 fully saturated rings. The predicted molar refractivity (Wildman–Crippen MR) is 172 cm³/mol. The lowest BCUT2D eigenvalue weighted by atomic mass is 9.70. The van der Waals surface area contributed by atoms with Gasteiger partial charge >= 0.3 is 0 Å². The second kappa shape index (κ2) is 9.17. The van der Waals surface area contributed by atoms with E-state index in [0.29, 0.717) is 0 Å². The summed E-state index contributed by atoms with van der Waals surface area (Å²) in [7, 11) is 0. The van der Waals surface area contributed by atoms with Crippen LogP contribution in [0.3, 0.4) is 0 Å². The van der Waals surface area contributed by atoms with E-state index in [2.05, 4.69) is 113 Å². The number of fused-ring (bicyclic) bond motifs is 10. The molecule has 0 unspecified atom stereocenters. The number of pyridine rings is 3. The lowest BCUT2D eigenvalue weighted by molar-refractivity contribution is 0.794. The molecule has 0 saturated carbocycles. The SMILES string of the molecule is c1ccc(-c2cc(-c3cccc4c3-c3ccccc3C43c4ccccc4-c4ccccc43)cc(-c3ccccn3)n2)nc1. The van der Waals surface area contributed by atoms with Crippen LogP contribution in [0, 0.1) is 0 Å². The fraction of sp³-hybridized carbons (Fsp3) is 0.0250. The molecule has 3 nitrogen and oxygen atoms in total. The van der Waals surface area contributed by atoms with Gasteiger partial charge in [-0.2, -0.15) is 0 Å². The summed E-state index contributed by atoms with van der Waals surface area (Å²) in [6, 6.07) is 49.9. The van der Waals surface area contributed by atoms with Crippen molar-refractivity contribution in [1.82, 2.24) is 15.0 Å². The van der Waals surface area contributed by atoms with E-state index in [-0.39, 0.29) is 5.41 Å². The Labute approximate surface area is 250 Å². The molecule has 3 aromatic heterocycles. The third-order valence-corrected chi connectivity index (χ3v) is 9.01. The van der Waals surface area contributed by atoms with Gasteiger partial charge in [0.15, 0.2) is 0 Å². The molecular formula is C40H25N3. The minimum atomic E-state index is -0.379. The van der Waals surface area contributed by atoms with Gasteiger partial charge in [-0.05, 0) is 92.0 Å². The number of hydrogen-bond donors (Lipinski definition) is 0. The topological polar surface area (TPSA) is 38.7 Å². The third-order valence-electron chi connectivity index (χ3n) is 9.01. The first-order chi connectivity index (χ1) is 21.3. The summed E-state index contributed by atoms with van der Waals surface area (Å²) in [5.41, 5.74) is 15.7. The Hall–Kier alpha value is -5.67. The highest BCUT2D eigenvalue weighted by atomic mass is 14.8. The molecule has 0 amide bonds. The van der Waals surface area contributed by atoms with Gasteiger partial charge in [0.05, 0.1) is 28.2 Å². The van der Waals surface area contributed by atoms with Crippen molar-refractivity contribution < 1.29 is 0 Å². The maximum absolute atomic E-state index is 5.04. The maximum Gasteiger partial charge on any atom is 0.0900 e. The van der Waals surface area contributed by atoms with Crippen molar-refractivity contribution in [3.8, 4) is 56.2 Å². The predicted octanol–water partition coefficient (Wildman–Crippen LogP) is 9.22. The quantitative estimate of drug-likeness (QED) is 0.221. The molecule has 3 heteroatoms. The van der Waals surface area contributed by atoms with E-state index in [1.807, 2.05) is 48.8 Å². The Morgan fingerprint density at radius 2 is 0.837 bits per heavy atom. The Balaban J connectivity index is 1.37. The fourth-order valence-electron chi connectivity index (χ4n) is 7.36. The van der Waals surface area contributed by atoms with Crippen LogP contribution >= 0.6 is 0 Å². The summed E-state index contributed by atoms with van der Waals surface area (Å²) in [5, 5.41) is 0. The fourth-order valence-corrected chi connectivity index (χ4v) is 7.36. The molecule has 0 bridgehead atoms. The monoisotopic (exact) mass is 547 g/mol. The molecule has 0 N–H and O–H groups in total. The van der Waals surface area contributed by atoms with Gasteiger partial charge in [0.25, 0.3) is 0 Å². The van der Waals surface area contributed by atoms with Crippen LogP contribution in [0.5, 0.6) is 0 Å². The highest BCUT2D eigenvalue weighted by Gasteiger charge is 2.51. The average molecular weight is 548 g/mol. The van der Waals surface area contributed by atoms with Crippen LogP contribution < -0.4 is 0 Å². The third kappa shape index (κ3) is 3.33. The maximum atomic E-state index is 5.04. The van der Waals surface area contributed by atoms with E-state index in [4.69, 9.17) is 4.98 Å². The number of hydrogen-bond acceptors (Lipinski definition) is 3. The molecule has 0 saturated heterocycles. The standard InChI is InChI=1S/C40H25N3/c1-4-16-31-28(12-1)29-13-2-5-17-32(29)40(31)33-18-6-3-14-30(33)39-27(15-11-19-34(39)40)26-24-37(35-20-7-9-22-41-35)43-38(25-26)36-21-8-10-23-42-36/h1-25H. The summed E-state index contributed by atoms with van der Waals surface area (Å²) in [5.74, 6) is 0. The summed E-state index contributed by atoms with van der Waals surface area (Å²) in [4.78, 5) is 14.3. The van der Waals surface area contributed by atoms with Crippen LogP contribution in [-0.4, -0.2) is 15.0 Å². The van der Waals surface area contributed by atoms with E-state index in [9.17, 15) is 0 Å². The first-order valence-corrected chi connectivity index (χ1v) is 14.6. The first-order valence-electron chi connectivity index (χ1n) is 14.6. The Bertz CT molecular complexity index is 2080. The van der Waals surface area contributed by atoms with Crippen molar-refractivity contribution in [3.63, 3.8) is 0 Å². The van der Waals surface area contributed by atoms with Crippen molar-refractivity contribution in [3.05, 3.63) is 174 Å². The smallest absolute Gasteiger partial charge is 0.0900 e. The van der Waals surface area contributed by atoms with Gasteiger partial charge in [-0.3, -0.25) is 9.97 Å². The lowest BCUT2D eigenvalue weighted by Gasteiger charge is -2.30. The summed E-state index contributed by atoms with van der Waals surface area (Å²) in [6.45, 7) is 0. The molecule has 3 heterocycles. The molecule has 7 aromatic rings. The Morgan fingerprint density at radius 3 is 1.40 bits per heavy atom. The van der Waals surface area contributed by atoms with Gasteiger partial charge in [0.2, 0.25) is 0 Å². The highest BCUT2D eigenvalue weighted by Crippen LogP contribution is 2.63. The molecule has 4 aromatic carbocycles. The Morgan fingerprint density at radius 1 is 0.372 bits per heavy atom. The zero-order chi connectivity index (χ0) is 28.4. The molecular weight excluding hydrogens is 522 g/mol. The molecule has 1 spiro atoms. The molecule has 0 aliphatic heterocycles. The van der Waals surface area contributed by atoms with Crippen LogP contribution in [0.1, 0.15) is 22.3 Å². The minimum Gasteiger partial charge on any atom is -0.255 e. The molecule has 2 aliphatic rings. The van der Waals surface area contributed by atoms with Gasteiger partial charge in [0, 0.05) is 12.4 Å². The minimum absolute atomic E-state index is 0.379. The number of aromatic nitrogens is 3. The second-order valence-electron chi connectivity index (χ2n) is 11.2. The number of rotatable bonds is 3. The second-order valence-corrected chi connectivity index (χ2v) is 11.2. The summed E-state index contributed by atoms with van der Waals surface area (Å²) in [6.07, 6.45) is 3.64. The zero-order valence-electron chi connectivity index (χ0n) is 23.3. The van der Waals surface area contributed by atoms with Gasteiger partial charge in [-0.25, -0.2) is 4.98 Å². The van der Waals surface area contributed by atoms with E-state index in [1.54, 1.807) is 0 Å². The summed E-state index contributed by atoms with van der Waals surface area (Å²) < 4.78 is 0. The molecule has 0 atom stereocenters. The van der Waals surface area contributed by atoms with Crippen LogP contribution in [0.15, 0.2) is 152 Å². The number of benzene rings is 4. The van der Waals surface area contributed by atoms with E-state index in [1.165, 1.54) is 50.1 Å². The highest BCUT2D eigenvalue weighted by molar-refractivity contribution is 6.00. The van der Waals surface area contributed by atoms with Gasteiger partial charge in [0.1, 0.15) is 0 Å². The molecule has 200 valence electrons. The average Bonchev–Trinajstić information content (AvgIpc) is 3.56. The van der Waals surface area contributed by atoms with Crippen molar-refractivity contribution in [2.45, 2.75) is 5.41 Å². The van der Waals surface area contributed by atoms with Gasteiger partial charge in [-0.15, -0.1) is 0 Å². The number of nitrogens with zero attached hydrogens (tertiary/aromatic N) is 3. The van der Waals surface area contributed by atoms with Crippen LogP contribution in [0.25, 0.3) is 56.2 Å². The summed E-state index contributed by atoms with van der Waals surface area (Å²) >= 11 is 0. The van der Waals surface area contributed by atoms with Gasteiger partial charge in [-0.1, -0.05) is 103 Å². The van der Waals surface area contributed by atoms with E-state index in [0.717, 1.165) is 28.3 Å². The van der Waals surface area contributed by atoms with Crippen molar-refractivity contribution in [2.75, 3.05) is 0 Å². The molecule has 9 rings (SSSR count). The van der Waals surface area contributed by atoms with Crippen molar-refractivity contribution in [1.29, 1.82) is 0 Å². The normalized spacial score (nSPS) is 13.3. The van der Waals surface area contributed by atoms with Crippen molar-refractivity contribution >= 4 is 0 Å². The Kier molecular flexibility index (Phi) is 5.11. The molecule has 0 radical (unpaired) electrons. The first kappa shape index (κ1) is 24.0. The van der Waals surface area contributed by atoms with E-state index < -0.39 is 0 Å². The largest absolute Gasteiger partial charge is 0.255 e. The molecule has 43 heavy (non-hydrogen) atoms. The lowest BCUT2D eigenvalue weighted by Crippen LogP contribution is -2.25. The van der Waals surface area contributed by atoms with Crippen LogP contribution in [-0.2, 0) is 5.41 Å². The van der Waals surface area contributed by atoms with E-state index >= 15 is 0 Å². The zero-order valence-corrected chi connectivity index (χ0v) is 23.3. The van der Waals surface area contributed by atoms with Crippen LogP contribution in [0.4, 0.5) is 0 Å². The van der Waals surface area contributed by atoms with Crippen LogP contribution in [0.2, 0.25) is 0 Å². The molecule has 2 aliphatic carbocycles.